The summed E-state index contributed by atoms with van der Waals surface area (Å²) >= 11 is 0. The van der Waals surface area contributed by atoms with Crippen molar-refractivity contribution in [1.82, 2.24) is 5.32 Å². The first-order valence-corrected chi connectivity index (χ1v) is 6.86. The van der Waals surface area contributed by atoms with Gasteiger partial charge in [-0.1, -0.05) is 26.0 Å². The minimum Gasteiger partial charge on any atom is -0.491 e. The van der Waals surface area contributed by atoms with Gasteiger partial charge in [0.05, 0.1) is 6.61 Å². The number of benzene rings is 1. The van der Waals surface area contributed by atoms with Crippen LogP contribution in [0, 0.1) is 13.8 Å². The second kappa shape index (κ2) is 7.66. The Morgan fingerprint density at radius 2 is 1.67 bits per heavy atom. The molecule has 0 saturated heterocycles. The topological polar surface area (TPSA) is 30.5 Å². The van der Waals surface area contributed by atoms with Gasteiger partial charge in [-0.3, -0.25) is 4.74 Å². The fraction of sp³-hybridized carbons (Fsp3) is 0.600. The third-order valence-corrected chi connectivity index (χ3v) is 2.83. The number of hydrogen-bond acceptors (Lipinski definition) is 3. The zero-order chi connectivity index (χ0) is 16.0. The summed E-state index contributed by atoms with van der Waals surface area (Å²) in [5, 5.41) is 3.32. The van der Waals surface area contributed by atoms with E-state index in [2.05, 4.69) is 23.9 Å². The highest BCUT2D eigenvalue weighted by molar-refractivity contribution is 5.43. The van der Waals surface area contributed by atoms with Crippen LogP contribution in [0.5, 0.6) is 5.75 Å². The molecule has 120 valence electrons. The van der Waals surface area contributed by atoms with E-state index in [1.165, 1.54) is 0 Å². The van der Waals surface area contributed by atoms with Gasteiger partial charge in [-0.2, -0.15) is 0 Å². The van der Waals surface area contributed by atoms with Crippen molar-refractivity contribution in [2.75, 3.05) is 13.2 Å². The van der Waals surface area contributed by atoms with Crippen molar-refractivity contribution in [1.29, 1.82) is 0 Å². The van der Waals surface area contributed by atoms with Crippen LogP contribution < -0.4 is 10.1 Å². The van der Waals surface area contributed by atoms with Gasteiger partial charge in [-0.25, -0.2) is 0 Å². The molecular weight excluding hydrogens is 283 g/mol. The molecule has 0 bridgehead atoms. The Bertz CT molecular complexity index is 436. The van der Waals surface area contributed by atoms with Crippen molar-refractivity contribution in [3.8, 4) is 5.75 Å². The summed E-state index contributed by atoms with van der Waals surface area (Å²) in [5.74, 6) is 0.620. The first-order valence-electron chi connectivity index (χ1n) is 6.86. The zero-order valence-electron chi connectivity index (χ0n) is 12.8. The normalized spacial score (nSPS) is 12.0. The van der Waals surface area contributed by atoms with Crippen LogP contribution in [-0.2, 0) is 11.3 Å². The van der Waals surface area contributed by atoms with Gasteiger partial charge in [0.15, 0.2) is 0 Å². The lowest BCUT2D eigenvalue weighted by atomic mass is 10.1. The summed E-state index contributed by atoms with van der Waals surface area (Å²) in [4.78, 5) is 0. The van der Waals surface area contributed by atoms with E-state index < -0.39 is 13.0 Å². The monoisotopic (exact) mass is 305 g/mol. The van der Waals surface area contributed by atoms with E-state index in [0.717, 1.165) is 23.2 Å². The lowest BCUT2D eigenvalue weighted by Crippen LogP contribution is -2.22. The molecule has 0 aliphatic rings. The Morgan fingerprint density at radius 1 is 1.10 bits per heavy atom. The number of halogens is 3. The van der Waals surface area contributed by atoms with Crippen LogP contribution in [0.1, 0.15) is 30.5 Å². The van der Waals surface area contributed by atoms with Crippen LogP contribution in [0.15, 0.2) is 12.1 Å². The molecule has 1 rings (SSSR count). The molecule has 0 spiro atoms. The molecule has 0 fully saturated rings. The molecule has 0 aromatic heterocycles. The molecule has 0 unspecified atom stereocenters. The smallest absolute Gasteiger partial charge is 0.491 e. The van der Waals surface area contributed by atoms with Crippen LogP contribution >= 0.6 is 0 Å². The van der Waals surface area contributed by atoms with Gasteiger partial charge in [-0.15, -0.1) is 13.2 Å². The molecule has 0 heterocycles. The maximum Gasteiger partial charge on any atom is 0.522 e. The van der Waals surface area contributed by atoms with E-state index >= 15 is 0 Å². The fourth-order valence-corrected chi connectivity index (χ4v) is 1.99. The molecule has 6 heteroatoms. The molecule has 1 aromatic carbocycles. The molecular formula is C15H22F3NO2. The van der Waals surface area contributed by atoms with Gasteiger partial charge in [-0.05, 0) is 30.5 Å². The maximum absolute atomic E-state index is 11.9. The highest BCUT2D eigenvalue weighted by Gasteiger charge is 2.28. The predicted molar refractivity (Wildman–Crippen MR) is 75.4 cm³/mol. The molecule has 0 saturated carbocycles. The Kier molecular flexibility index (Phi) is 6.48. The number of alkyl halides is 3. The standard InChI is InChI=1S/C15H22F3NO2/c1-10(2)19-9-13-7-11(3)14(12(4)8-13)20-5-6-21-15(16,17)18/h7-8,10,19H,5-6,9H2,1-4H3. The largest absolute Gasteiger partial charge is 0.522 e. The molecule has 3 nitrogen and oxygen atoms in total. The van der Waals surface area contributed by atoms with E-state index in [-0.39, 0.29) is 6.61 Å². The van der Waals surface area contributed by atoms with E-state index in [0.29, 0.717) is 11.8 Å². The first-order chi connectivity index (χ1) is 9.69. The number of nitrogens with one attached hydrogen (secondary N) is 1. The summed E-state index contributed by atoms with van der Waals surface area (Å²) < 4.78 is 44.7. The third kappa shape index (κ3) is 6.82. The second-order valence-corrected chi connectivity index (χ2v) is 5.24. The van der Waals surface area contributed by atoms with Crippen molar-refractivity contribution in [2.45, 2.75) is 46.6 Å². The Labute approximate surface area is 123 Å². The molecule has 0 atom stereocenters. The maximum atomic E-state index is 11.9. The molecule has 1 aromatic rings. The third-order valence-electron chi connectivity index (χ3n) is 2.83. The van der Waals surface area contributed by atoms with Crippen molar-refractivity contribution in [3.05, 3.63) is 28.8 Å². The summed E-state index contributed by atoms with van der Waals surface area (Å²) in [6, 6.07) is 4.34. The minimum atomic E-state index is -4.61. The first kappa shape index (κ1) is 17.8. The Balaban J connectivity index is 2.59. The van der Waals surface area contributed by atoms with E-state index in [1.807, 2.05) is 26.0 Å². The summed E-state index contributed by atoms with van der Waals surface area (Å²) in [5.41, 5.74) is 2.93. The summed E-state index contributed by atoms with van der Waals surface area (Å²) in [6.45, 7) is 7.99. The zero-order valence-corrected chi connectivity index (χ0v) is 12.8. The van der Waals surface area contributed by atoms with Crippen LogP contribution in [0.2, 0.25) is 0 Å². The fourth-order valence-electron chi connectivity index (χ4n) is 1.99. The molecule has 0 amide bonds. The average molecular weight is 305 g/mol. The summed E-state index contributed by atoms with van der Waals surface area (Å²) in [7, 11) is 0. The Morgan fingerprint density at radius 3 is 2.14 bits per heavy atom. The lowest BCUT2D eigenvalue weighted by molar-refractivity contribution is -0.325. The molecule has 21 heavy (non-hydrogen) atoms. The van der Waals surface area contributed by atoms with Gasteiger partial charge < -0.3 is 10.1 Å². The van der Waals surface area contributed by atoms with Crippen molar-refractivity contribution < 1.29 is 22.6 Å². The molecule has 1 N–H and O–H groups in total. The van der Waals surface area contributed by atoms with Gasteiger partial charge in [0, 0.05) is 12.6 Å². The van der Waals surface area contributed by atoms with Crippen molar-refractivity contribution in [3.63, 3.8) is 0 Å². The Hall–Kier alpha value is -1.27. The van der Waals surface area contributed by atoms with Crippen LogP contribution in [0.25, 0.3) is 0 Å². The van der Waals surface area contributed by atoms with E-state index in [4.69, 9.17) is 4.74 Å². The highest BCUT2D eigenvalue weighted by atomic mass is 19.4. The number of hydrogen-bond donors (Lipinski definition) is 1. The highest BCUT2D eigenvalue weighted by Crippen LogP contribution is 2.25. The molecule has 0 radical (unpaired) electrons. The van der Waals surface area contributed by atoms with E-state index in [1.54, 1.807) is 0 Å². The van der Waals surface area contributed by atoms with Gasteiger partial charge in [0.1, 0.15) is 12.4 Å². The second-order valence-electron chi connectivity index (χ2n) is 5.24. The number of ether oxygens (including phenoxy) is 2. The van der Waals surface area contributed by atoms with E-state index in [9.17, 15) is 13.2 Å². The minimum absolute atomic E-state index is 0.134. The number of aryl methyl sites for hydroxylation is 2. The van der Waals surface area contributed by atoms with Gasteiger partial charge in [0.25, 0.3) is 0 Å². The summed E-state index contributed by atoms with van der Waals surface area (Å²) in [6.07, 6.45) is -4.61. The van der Waals surface area contributed by atoms with Crippen LogP contribution in [-0.4, -0.2) is 25.6 Å². The van der Waals surface area contributed by atoms with Crippen molar-refractivity contribution >= 4 is 0 Å². The lowest BCUT2D eigenvalue weighted by Gasteiger charge is -2.15. The SMILES string of the molecule is Cc1cc(CNC(C)C)cc(C)c1OCCOC(F)(F)F. The quantitative estimate of drug-likeness (QED) is 0.779. The van der Waals surface area contributed by atoms with Crippen LogP contribution in [0.4, 0.5) is 13.2 Å². The molecule has 0 aliphatic heterocycles. The average Bonchev–Trinajstić information content (AvgIpc) is 2.33. The number of rotatable bonds is 7. The van der Waals surface area contributed by atoms with Gasteiger partial charge in [0.2, 0.25) is 0 Å². The molecule has 0 aliphatic carbocycles. The van der Waals surface area contributed by atoms with Gasteiger partial charge >= 0.3 is 6.36 Å². The van der Waals surface area contributed by atoms with Crippen LogP contribution in [0.3, 0.4) is 0 Å². The van der Waals surface area contributed by atoms with Crippen molar-refractivity contribution in [2.24, 2.45) is 0 Å². The predicted octanol–water partition coefficient (Wildman–Crippen LogP) is 3.72.